The Morgan fingerprint density at radius 1 is 1.16 bits per heavy atom. The van der Waals surface area contributed by atoms with Gasteiger partial charge in [0.1, 0.15) is 24.5 Å². The number of rotatable bonds is 4. The first-order valence-corrected chi connectivity index (χ1v) is 14.4. The topological polar surface area (TPSA) is 77.3 Å². The standard InChI is InChI=1S/C27H24F3N4O3P/c1-13-8-23(38(3,4)36)31-12-16(13)15-9-19-18(10-17(15)28)32-25-21-11-20(34(19)25)24-14(26(35)33(21)2)6-5-7-22(24)37-27(29)30/h5-10,12,20-21,27H,11H2,1-4H3/t20-,21-/m1/s1/i2D3. The van der Waals surface area contributed by atoms with E-state index >= 15 is 4.39 Å². The molecule has 2 aromatic heterocycles. The number of imidazole rings is 1. The molecule has 0 unspecified atom stereocenters. The lowest BCUT2D eigenvalue weighted by molar-refractivity contribution is -0.0507. The van der Waals surface area contributed by atoms with Crippen molar-refractivity contribution in [2.45, 2.75) is 32.0 Å². The van der Waals surface area contributed by atoms with Gasteiger partial charge in [0.05, 0.1) is 28.6 Å². The van der Waals surface area contributed by atoms with Gasteiger partial charge in [-0.15, -0.1) is 0 Å². The van der Waals surface area contributed by atoms with Crippen LogP contribution in [0.5, 0.6) is 5.75 Å². The molecular weight excluding hydrogens is 516 g/mol. The summed E-state index contributed by atoms with van der Waals surface area (Å²) in [5.41, 5.74) is 2.36. The Bertz CT molecular complexity index is 1800. The van der Waals surface area contributed by atoms with Crippen molar-refractivity contribution in [1.82, 2.24) is 19.4 Å². The summed E-state index contributed by atoms with van der Waals surface area (Å²) in [6, 6.07) is 6.63. The van der Waals surface area contributed by atoms with Crippen molar-refractivity contribution >= 4 is 29.5 Å². The lowest BCUT2D eigenvalue weighted by atomic mass is 9.97. The van der Waals surface area contributed by atoms with Crippen LogP contribution in [0.1, 0.15) is 49.9 Å². The molecule has 38 heavy (non-hydrogen) atoms. The molecule has 7 nitrogen and oxygen atoms in total. The second kappa shape index (κ2) is 8.43. The first-order valence-electron chi connectivity index (χ1n) is 13.3. The zero-order valence-corrected chi connectivity index (χ0v) is 21.5. The van der Waals surface area contributed by atoms with E-state index in [1.807, 2.05) is 0 Å². The Hall–Kier alpha value is -3.65. The van der Waals surface area contributed by atoms with Gasteiger partial charge in [0.25, 0.3) is 5.91 Å². The summed E-state index contributed by atoms with van der Waals surface area (Å²) in [5, 5.41) is 0. The fourth-order valence-corrected chi connectivity index (χ4v) is 6.30. The van der Waals surface area contributed by atoms with Gasteiger partial charge in [0.2, 0.25) is 0 Å². The van der Waals surface area contributed by atoms with Crippen LogP contribution in [-0.4, -0.2) is 52.3 Å². The number of alkyl halides is 2. The maximum Gasteiger partial charge on any atom is 0.387 e. The number of carbonyl (C=O) groups is 1. The fourth-order valence-electron chi connectivity index (χ4n) is 5.46. The molecule has 6 rings (SSSR count). The van der Waals surface area contributed by atoms with E-state index in [-0.39, 0.29) is 40.2 Å². The summed E-state index contributed by atoms with van der Waals surface area (Å²) in [6.07, 6.45) is 1.50. The summed E-state index contributed by atoms with van der Waals surface area (Å²) >= 11 is 0. The molecule has 0 saturated carbocycles. The molecule has 0 saturated heterocycles. The summed E-state index contributed by atoms with van der Waals surface area (Å²) < 4.78 is 85.7. The number of amides is 1. The Kier molecular flexibility index (Phi) is 4.72. The number of ether oxygens (including phenoxy) is 1. The normalized spacial score (nSPS) is 20.1. The van der Waals surface area contributed by atoms with Crippen molar-refractivity contribution in [1.29, 1.82) is 0 Å². The Morgan fingerprint density at radius 3 is 2.63 bits per heavy atom. The van der Waals surface area contributed by atoms with Crippen LogP contribution < -0.4 is 10.2 Å². The number of benzene rings is 2. The molecule has 11 heteroatoms. The molecule has 0 fully saturated rings. The highest BCUT2D eigenvalue weighted by Crippen LogP contribution is 2.50. The second-order valence-corrected chi connectivity index (χ2v) is 13.1. The van der Waals surface area contributed by atoms with Crippen LogP contribution in [-0.2, 0) is 4.57 Å². The molecule has 2 aliphatic rings. The minimum absolute atomic E-state index is 0.0449. The maximum atomic E-state index is 15.5. The van der Waals surface area contributed by atoms with E-state index in [2.05, 4.69) is 9.97 Å². The number of fused-ring (bicyclic) bond motifs is 9. The van der Waals surface area contributed by atoms with Crippen LogP contribution in [0.4, 0.5) is 13.2 Å². The lowest BCUT2D eigenvalue weighted by Gasteiger charge is -2.24. The fraction of sp³-hybridized carbons (Fsp3) is 0.296. The van der Waals surface area contributed by atoms with Gasteiger partial charge in [0.15, 0.2) is 0 Å². The van der Waals surface area contributed by atoms with Crippen molar-refractivity contribution in [2.24, 2.45) is 0 Å². The van der Waals surface area contributed by atoms with E-state index in [1.165, 1.54) is 30.5 Å². The highest BCUT2D eigenvalue weighted by molar-refractivity contribution is 7.69. The first kappa shape index (κ1) is 21.3. The van der Waals surface area contributed by atoms with Gasteiger partial charge >= 0.3 is 6.61 Å². The summed E-state index contributed by atoms with van der Waals surface area (Å²) in [5.74, 6) is -1.52. The van der Waals surface area contributed by atoms with Gasteiger partial charge in [-0.1, -0.05) is 6.07 Å². The Labute approximate surface area is 220 Å². The molecule has 2 atom stereocenters. The minimum Gasteiger partial charge on any atom is -0.434 e. The van der Waals surface area contributed by atoms with Crippen molar-refractivity contribution in [3.05, 3.63) is 70.9 Å². The average molecular weight is 544 g/mol. The van der Waals surface area contributed by atoms with Crippen LogP contribution in [0.3, 0.4) is 0 Å². The summed E-state index contributed by atoms with van der Waals surface area (Å²) in [6.45, 7) is -1.12. The van der Waals surface area contributed by atoms with Gasteiger partial charge in [-0.2, -0.15) is 8.78 Å². The van der Waals surface area contributed by atoms with Gasteiger partial charge in [-0.25, -0.2) is 9.37 Å². The number of hydrogen-bond acceptors (Lipinski definition) is 5. The summed E-state index contributed by atoms with van der Waals surface area (Å²) in [7, 11) is -2.66. The van der Waals surface area contributed by atoms with E-state index in [9.17, 15) is 18.1 Å². The number of hydrogen-bond donors (Lipinski definition) is 0. The Morgan fingerprint density at radius 2 is 1.95 bits per heavy atom. The highest BCUT2D eigenvalue weighted by Gasteiger charge is 2.45. The molecule has 2 aliphatic heterocycles. The maximum absolute atomic E-state index is 15.5. The van der Waals surface area contributed by atoms with Crippen LogP contribution in [0.25, 0.3) is 22.2 Å². The first-order chi connectivity index (χ1) is 19.2. The number of nitrogens with zero attached hydrogens (tertiary/aromatic N) is 4. The monoisotopic (exact) mass is 543 g/mol. The van der Waals surface area contributed by atoms with Crippen LogP contribution in [0.15, 0.2) is 42.6 Å². The minimum atomic E-state index is -3.18. The molecule has 2 aromatic carbocycles. The predicted octanol–water partition coefficient (Wildman–Crippen LogP) is 5.52. The van der Waals surface area contributed by atoms with Crippen molar-refractivity contribution in [3.63, 3.8) is 0 Å². The van der Waals surface area contributed by atoms with E-state index in [0.717, 1.165) is 4.90 Å². The second-order valence-electron chi connectivity index (χ2n) is 9.91. The van der Waals surface area contributed by atoms with Crippen LogP contribution in [0.2, 0.25) is 0 Å². The third-order valence-electron chi connectivity index (χ3n) is 7.18. The molecule has 0 radical (unpaired) electrons. The molecule has 4 heterocycles. The van der Waals surface area contributed by atoms with Gasteiger partial charge < -0.3 is 18.8 Å². The van der Waals surface area contributed by atoms with Crippen LogP contribution in [0, 0.1) is 12.7 Å². The SMILES string of the molecule is [2H]C([2H])([2H])N1C(=O)c2cccc(OC(F)F)c2[C@H]2C[C@@H]1c1nc3cc(F)c(-c4cnc(P(C)(C)=O)cc4C)cc3n12. The largest absolute Gasteiger partial charge is 0.434 e. The number of halogens is 3. The molecule has 0 N–H and O–H groups in total. The number of carbonyl (C=O) groups excluding carboxylic acids is 1. The quantitative estimate of drug-likeness (QED) is 0.317. The van der Waals surface area contributed by atoms with E-state index in [4.69, 9.17) is 8.85 Å². The molecule has 0 spiro atoms. The van der Waals surface area contributed by atoms with E-state index in [1.54, 1.807) is 37.0 Å². The number of aromatic nitrogens is 3. The van der Waals surface area contributed by atoms with E-state index in [0.29, 0.717) is 22.1 Å². The molecule has 4 aromatic rings. The van der Waals surface area contributed by atoms with Crippen molar-refractivity contribution < 1.29 is 31.4 Å². The van der Waals surface area contributed by atoms with E-state index < -0.39 is 44.5 Å². The number of aryl methyl sites for hydroxylation is 1. The van der Waals surface area contributed by atoms with Crippen LogP contribution >= 0.6 is 7.14 Å². The van der Waals surface area contributed by atoms with Crippen molar-refractivity contribution in [3.8, 4) is 16.9 Å². The lowest BCUT2D eigenvalue weighted by Crippen LogP contribution is -2.30. The molecule has 2 bridgehead atoms. The third kappa shape index (κ3) is 3.65. The van der Waals surface area contributed by atoms with Gasteiger partial charge in [-0.3, -0.25) is 9.78 Å². The Balaban J connectivity index is 1.61. The third-order valence-corrected chi connectivity index (χ3v) is 8.52. The van der Waals surface area contributed by atoms with Crippen molar-refractivity contribution in [2.75, 3.05) is 20.3 Å². The molecule has 1 amide bonds. The number of pyridine rings is 1. The molecule has 0 aliphatic carbocycles. The predicted molar refractivity (Wildman–Crippen MR) is 137 cm³/mol. The highest BCUT2D eigenvalue weighted by atomic mass is 31.2. The zero-order valence-electron chi connectivity index (χ0n) is 23.6. The van der Waals surface area contributed by atoms with Gasteiger partial charge in [0, 0.05) is 52.0 Å². The smallest absolute Gasteiger partial charge is 0.387 e. The van der Waals surface area contributed by atoms with Gasteiger partial charge in [-0.05, 0) is 50.1 Å². The average Bonchev–Trinajstić information content (AvgIpc) is 3.34. The zero-order chi connectivity index (χ0) is 29.6. The molecular formula is C27H24F3N4O3P. The summed E-state index contributed by atoms with van der Waals surface area (Å²) in [4.78, 5) is 23.1. The molecule has 196 valence electrons.